The van der Waals surface area contributed by atoms with Gasteiger partial charge in [0.1, 0.15) is 11.5 Å². The van der Waals surface area contributed by atoms with Crippen molar-refractivity contribution >= 4 is 40.6 Å². The molecule has 3 nitrogen and oxygen atoms in total. The van der Waals surface area contributed by atoms with Crippen molar-refractivity contribution in [1.29, 1.82) is 0 Å². The van der Waals surface area contributed by atoms with E-state index >= 15 is 0 Å². The maximum absolute atomic E-state index is 12.7. The molecule has 5 heteroatoms. The Morgan fingerprint density at radius 1 is 1.03 bits per heavy atom. The van der Waals surface area contributed by atoms with Crippen molar-refractivity contribution in [1.82, 2.24) is 0 Å². The predicted octanol–water partition coefficient (Wildman–Crippen LogP) is 4.44. The molecule has 0 aromatic heterocycles. The fourth-order valence-electron chi connectivity index (χ4n) is 4.78. The summed E-state index contributed by atoms with van der Waals surface area (Å²) < 4.78 is 12.6. The first kappa shape index (κ1) is 21.5. The minimum atomic E-state index is -2.70. The van der Waals surface area contributed by atoms with E-state index in [1.807, 2.05) is 18.2 Å². The number of fused-ring (bicyclic) bond motifs is 1. The zero-order valence-corrected chi connectivity index (χ0v) is 20.6. The van der Waals surface area contributed by atoms with Crippen molar-refractivity contribution in [2.45, 2.75) is 43.7 Å². The number of alkyl halides is 1. The first-order valence-corrected chi connectivity index (χ1v) is 13.3. The first-order valence-electron chi connectivity index (χ1n) is 10.5. The van der Waals surface area contributed by atoms with Gasteiger partial charge in [-0.2, -0.15) is 0 Å². The molecule has 1 aliphatic heterocycles. The lowest BCUT2D eigenvalue weighted by Gasteiger charge is -2.52. The highest BCUT2D eigenvalue weighted by atomic mass is 79.9. The molecule has 0 N–H and O–H groups in total. The van der Waals surface area contributed by atoms with Crippen molar-refractivity contribution in [2.75, 3.05) is 6.61 Å². The van der Waals surface area contributed by atoms with E-state index in [1.54, 1.807) is 0 Å². The minimum absolute atomic E-state index is 0.1000. The van der Waals surface area contributed by atoms with Crippen LogP contribution in [0.4, 0.5) is 0 Å². The van der Waals surface area contributed by atoms with Crippen LogP contribution in [0.1, 0.15) is 27.7 Å². The van der Waals surface area contributed by atoms with Crippen molar-refractivity contribution in [2.24, 2.45) is 11.3 Å². The van der Waals surface area contributed by atoms with Crippen LogP contribution in [0, 0.1) is 11.3 Å². The van der Waals surface area contributed by atoms with Gasteiger partial charge in [-0.3, -0.25) is 4.79 Å². The van der Waals surface area contributed by atoms with Crippen molar-refractivity contribution < 1.29 is 14.0 Å². The third-order valence-corrected chi connectivity index (χ3v) is 12.9. The zero-order valence-electron chi connectivity index (χ0n) is 18.0. The Hall–Kier alpha value is -1.69. The maximum atomic E-state index is 12.7. The number of ether oxygens (including phenoxy) is 1. The largest absolute Gasteiger partial charge is 0.459 e. The standard InChI is InChI=1S/C25H29BrO3Si/c1-18-15-16-25(22(21(18)26)29-23(25)27)17-28-30(24(2,3)4,19-11-7-5-8-12-19)20-13-9-6-10-14-20/h5-16,18,21-22H,17H2,1-4H3/t18-,21+,22-,25-/m1/s1. The SMILES string of the molecule is C[C@@H]1C=C[C@]2(CO[Si](c3ccccc3)(c3ccccc3)C(C)(C)C)C(=O)O[C@@H]2[C@H]1Br. The molecular weight excluding hydrogens is 456 g/mol. The summed E-state index contributed by atoms with van der Waals surface area (Å²) >= 11 is 3.75. The van der Waals surface area contributed by atoms with Crippen LogP contribution in [0.5, 0.6) is 0 Å². The molecule has 0 bridgehead atoms. The van der Waals surface area contributed by atoms with Crippen LogP contribution in [-0.2, 0) is 14.0 Å². The fraction of sp³-hybridized carbons (Fsp3) is 0.400. The molecule has 1 heterocycles. The number of hydrogen-bond donors (Lipinski definition) is 0. The molecule has 1 aliphatic carbocycles. The highest BCUT2D eigenvalue weighted by Crippen LogP contribution is 2.49. The second-order valence-electron chi connectivity index (χ2n) is 9.48. The number of carbonyl (C=O) groups excluding carboxylic acids is 1. The van der Waals surface area contributed by atoms with Crippen LogP contribution < -0.4 is 10.4 Å². The van der Waals surface area contributed by atoms with E-state index in [2.05, 4.69) is 98.2 Å². The van der Waals surface area contributed by atoms with E-state index in [0.717, 1.165) is 0 Å². The maximum Gasteiger partial charge on any atom is 0.322 e. The van der Waals surface area contributed by atoms with Crippen molar-refractivity contribution in [3.8, 4) is 0 Å². The monoisotopic (exact) mass is 484 g/mol. The molecule has 1 saturated heterocycles. The average molecular weight is 485 g/mol. The molecule has 0 spiro atoms. The van der Waals surface area contributed by atoms with Gasteiger partial charge in [0, 0.05) is 0 Å². The summed E-state index contributed by atoms with van der Waals surface area (Å²) in [7, 11) is -2.70. The van der Waals surface area contributed by atoms with Gasteiger partial charge in [0.2, 0.25) is 0 Å². The lowest BCUT2D eigenvalue weighted by Crippen LogP contribution is -2.70. The van der Waals surface area contributed by atoms with E-state index in [1.165, 1.54) is 10.4 Å². The van der Waals surface area contributed by atoms with Crippen molar-refractivity contribution in [3.63, 3.8) is 0 Å². The molecule has 0 radical (unpaired) electrons. The molecule has 158 valence electrons. The lowest BCUT2D eigenvalue weighted by atomic mass is 9.70. The summed E-state index contributed by atoms with van der Waals surface area (Å²) in [4.78, 5) is 12.8. The zero-order chi connectivity index (χ0) is 21.6. The Labute approximate surface area is 188 Å². The second-order valence-corrected chi connectivity index (χ2v) is 14.8. The average Bonchev–Trinajstić information content (AvgIpc) is 2.73. The first-order chi connectivity index (χ1) is 14.2. The van der Waals surface area contributed by atoms with Crippen LogP contribution >= 0.6 is 15.9 Å². The van der Waals surface area contributed by atoms with Gasteiger partial charge in [-0.15, -0.1) is 0 Å². The molecule has 2 aliphatic rings. The number of carbonyl (C=O) groups is 1. The van der Waals surface area contributed by atoms with E-state index in [9.17, 15) is 4.79 Å². The molecule has 4 rings (SSSR count). The molecule has 2 aromatic carbocycles. The number of benzene rings is 2. The summed E-state index contributed by atoms with van der Waals surface area (Å²) in [6, 6.07) is 21.1. The van der Waals surface area contributed by atoms with E-state index in [0.29, 0.717) is 12.5 Å². The summed E-state index contributed by atoms with van der Waals surface area (Å²) in [5.74, 6) is 0.127. The molecule has 0 amide bonds. The van der Waals surface area contributed by atoms with E-state index in [4.69, 9.17) is 9.16 Å². The van der Waals surface area contributed by atoms with E-state index in [-0.39, 0.29) is 21.9 Å². The highest BCUT2D eigenvalue weighted by molar-refractivity contribution is 9.09. The van der Waals surface area contributed by atoms with Gasteiger partial charge in [-0.1, -0.05) is 116 Å². The van der Waals surface area contributed by atoms with Crippen LogP contribution in [0.15, 0.2) is 72.8 Å². The van der Waals surface area contributed by atoms with Gasteiger partial charge in [0.15, 0.2) is 0 Å². The molecule has 30 heavy (non-hydrogen) atoms. The predicted molar refractivity (Wildman–Crippen MR) is 127 cm³/mol. The normalized spacial score (nSPS) is 28.4. The number of allylic oxidation sites excluding steroid dienone is 1. The molecule has 0 unspecified atom stereocenters. The molecular formula is C25H29BrO3Si. The number of hydrogen-bond acceptors (Lipinski definition) is 3. The Morgan fingerprint density at radius 2 is 1.57 bits per heavy atom. The summed E-state index contributed by atoms with van der Waals surface area (Å²) in [5, 5.41) is 2.30. The summed E-state index contributed by atoms with van der Waals surface area (Å²) in [6.45, 7) is 9.21. The Kier molecular flexibility index (Phi) is 5.58. The number of halogens is 1. The van der Waals surface area contributed by atoms with Gasteiger partial charge in [0.25, 0.3) is 8.32 Å². The smallest absolute Gasteiger partial charge is 0.322 e. The Balaban J connectivity index is 1.80. The lowest BCUT2D eigenvalue weighted by molar-refractivity contribution is -0.204. The summed E-state index contributed by atoms with van der Waals surface area (Å²) in [5.41, 5.74) is -0.715. The summed E-state index contributed by atoms with van der Waals surface area (Å²) in [6.07, 6.45) is 3.96. The highest BCUT2D eigenvalue weighted by Gasteiger charge is 2.63. The fourth-order valence-corrected chi connectivity index (χ4v) is 10.2. The Morgan fingerprint density at radius 3 is 2.03 bits per heavy atom. The van der Waals surface area contributed by atoms with Crippen LogP contribution in [-0.4, -0.2) is 31.8 Å². The number of esters is 1. The second kappa shape index (κ2) is 7.77. The molecule has 4 atom stereocenters. The quantitative estimate of drug-likeness (QED) is 0.272. The van der Waals surface area contributed by atoms with Crippen LogP contribution in [0.2, 0.25) is 5.04 Å². The number of rotatable bonds is 5. The molecule has 1 fully saturated rings. The molecule has 2 aromatic rings. The van der Waals surface area contributed by atoms with Crippen LogP contribution in [0.25, 0.3) is 0 Å². The topological polar surface area (TPSA) is 35.5 Å². The van der Waals surface area contributed by atoms with Gasteiger partial charge >= 0.3 is 5.97 Å². The Bertz CT molecular complexity index is 898. The minimum Gasteiger partial charge on any atom is -0.459 e. The van der Waals surface area contributed by atoms with E-state index < -0.39 is 13.7 Å². The van der Waals surface area contributed by atoms with Gasteiger partial charge < -0.3 is 9.16 Å². The van der Waals surface area contributed by atoms with Gasteiger partial charge in [0.05, 0.1) is 11.4 Å². The third kappa shape index (κ3) is 3.22. The van der Waals surface area contributed by atoms with Crippen LogP contribution in [0.3, 0.4) is 0 Å². The van der Waals surface area contributed by atoms with Crippen molar-refractivity contribution in [3.05, 3.63) is 72.8 Å². The van der Waals surface area contributed by atoms with Gasteiger partial charge in [-0.25, -0.2) is 0 Å². The molecule has 0 saturated carbocycles. The third-order valence-electron chi connectivity index (χ3n) is 6.55. The van der Waals surface area contributed by atoms with Gasteiger partial charge in [-0.05, 0) is 21.3 Å².